The highest BCUT2D eigenvalue weighted by Gasteiger charge is 2.21. The third kappa shape index (κ3) is 3.71. The minimum absolute atomic E-state index is 0.101. The number of para-hydroxylation sites is 1. The summed E-state index contributed by atoms with van der Waals surface area (Å²) >= 11 is 0. The molecule has 0 spiro atoms. The smallest absolute Gasteiger partial charge is 0.282 e. The lowest BCUT2D eigenvalue weighted by molar-refractivity contribution is 0.469. The summed E-state index contributed by atoms with van der Waals surface area (Å²) in [4.78, 5) is 21.7. The van der Waals surface area contributed by atoms with Gasteiger partial charge in [0.2, 0.25) is 0 Å². The van der Waals surface area contributed by atoms with E-state index in [1.54, 1.807) is 18.3 Å². The van der Waals surface area contributed by atoms with Crippen molar-refractivity contribution in [1.82, 2.24) is 24.1 Å². The predicted molar refractivity (Wildman–Crippen MR) is 126 cm³/mol. The van der Waals surface area contributed by atoms with Gasteiger partial charge < -0.3 is 16.2 Å². The molecule has 0 aliphatic rings. The van der Waals surface area contributed by atoms with E-state index in [0.29, 0.717) is 34.0 Å². The summed E-state index contributed by atoms with van der Waals surface area (Å²) in [7, 11) is 0. The molecule has 5 rings (SSSR count). The number of nitrogens with one attached hydrogen (secondary N) is 1. The van der Waals surface area contributed by atoms with E-state index in [2.05, 4.69) is 20.4 Å². The molecule has 1 atom stereocenters. The Morgan fingerprint density at radius 3 is 2.65 bits per heavy atom. The fraction of sp³-hybridized carbons (Fsp3) is 0.0833. The first kappa shape index (κ1) is 21.1. The molecule has 0 aliphatic heterocycles. The Bertz CT molecular complexity index is 1540. The summed E-state index contributed by atoms with van der Waals surface area (Å²) in [5.74, 6) is -0.0645. The number of nitrogens with two attached hydrogens (primary N) is 1. The molecular formula is C24H20FN7O2. The van der Waals surface area contributed by atoms with Gasteiger partial charge in [0, 0.05) is 12.3 Å². The molecule has 0 fully saturated rings. The molecule has 5 aromatic rings. The number of phenols is 1. The van der Waals surface area contributed by atoms with Crippen molar-refractivity contribution >= 4 is 17.2 Å². The van der Waals surface area contributed by atoms with Gasteiger partial charge in [-0.15, -0.1) is 0 Å². The highest BCUT2D eigenvalue weighted by atomic mass is 19.1. The van der Waals surface area contributed by atoms with E-state index in [4.69, 9.17) is 5.73 Å². The molecule has 3 aromatic heterocycles. The molecule has 10 heteroatoms. The van der Waals surface area contributed by atoms with Crippen LogP contribution in [0.2, 0.25) is 0 Å². The number of fused-ring (bicyclic) bond motifs is 1. The lowest BCUT2D eigenvalue weighted by atomic mass is 10.1. The number of rotatable bonds is 5. The molecule has 0 saturated heterocycles. The van der Waals surface area contributed by atoms with Crippen molar-refractivity contribution in [3.63, 3.8) is 0 Å². The number of aromatic hydroxyl groups is 1. The van der Waals surface area contributed by atoms with Crippen molar-refractivity contribution in [1.29, 1.82) is 0 Å². The first-order valence-electron chi connectivity index (χ1n) is 10.4. The van der Waals surface area contributed by atoms with Gasteiger partial charge in [-0.3, -0.25) is 9.36 Å². The lowest BCUT2D eigenvalue weighted by Crippen LogP contribution is -2.29. The fourth-order valence-corrected chi connectivity index (χ4v) is 3.89. The quantitative estimate of drug-likeness (QED) is 0.369. The van der Waals surface area contributed by atoms with Crippen LogP contribution in [0.15, 0.2) is 78.0 Å². The van der Waals surface area contributed by atoms with Crippen molar-refractivity contribution in [2.45, 2.75) is 13.0 Å². The van der Waals surface area contributed by atoms with E-state index in [9.17, 15) is 14.3 Å². The zero-order valence-corrected chi connectivity index (χ0v) is 18.1. The van der Waals surface area contributed by atoms with Gasteiger partial charge >= 0.3 is 0 Å². The molecule has 34 heavy (non-hydrogen) atoms. The van der Waals surface area contributed by atoms with Crippen molar-refractivity contribution in [2.75, 3.05) is 11.1 Å². The van der Waals surface area contributed by atoms with E-state index < -0.39 is 11.9 Å². The average Bonchev–Trinajstić information content (AvgIpc) is 3.28. The van der Waals surface area contributed by atoms with Crippen LogP contribution in [-0.4, -0.2) is 29.3 Å². The van der Waals surface area contributed by atoms with E-state index in [0.717, 1.165) is 6.07 Å². The molecule has 0 unspecified atom stereocenters. The van der Waals surface area contributed by atoms with Crippen LogP contribution in [0.25, 0.3) is 22.3 Å². The number of anilines is 2. The summed E-state index contributed by atoms with van der Waals surface area (Å²) in [6, 6.07) is 15.7. The second kappa shape index (κ2) is 8.32. The lowest BCUT2D eigenvalue weighted by Gasteiger charge is -2.21. The second-order valence-electron chi connectivity index (χ2n) is 7.72. The Morgan fingerprint density at radius 1 is 1.09 bits per heavy atom. The average molecular weight is 457 g/mol. The molecule has 0 bridgehead atoms. The third-order valence-corrected chi connectivity index (χ3v) is 5.39. The van der Waals surface area contributed by atoms with Crippen LogP contribution >= 0.6 is 0 Å². The van der Waals surface area contributed by atoms with Crippen LogP contribution in [0.3, 0.4) is 0 Å². The maximum atomic E-state index is 14.0. The Balaban J connectivity index is 1.64. The van der Waals surface area contributed by atoms with Crippen LogP contribution in [0.4, 0.5) is 16.0 Å². The standard InChI is InChI=1S/C24H20FN7O2/c1-14(29-22-20(21(26)27-13-28-22)15-10-16(25)12-18(33)11-15)23-30-31-9-5-8-19(31)24(34)32(23)17-6-3-2-4-7-17/h2-14,33H,1H3,(H3,26,27,28,29)/t14-/m0/s1. The normalized spacial score (nSPS) is 12.1. The van der Waals surface area contributed by atoms with Gasteiger partial charge in [0.25, 0.3) is 5.56 Å². The second-order valence-corrected chi connectivity index (χ2v) is 7.72. The fourth-order valence-electron chi connectivity index (χ4n) is 3.89. The number of nitrogen functional groups attached to an aromatic ring is 1. The van der Waals surface area contributed by atoms with Crippen molar-refractivity contribution < 1.29 is 9.50 Å². The first-order valence-corrected chi connectivity index (χ1v) is 10.4. The van der Waals surface area contributed by atoms with Gasteiger partial charge in [-0.25, -0.2) is 18.9 Å². The van der Waals surface area contributed by atoms with Crippen LogP contribution in [0.5, 0.6) is 5.75 Å². The van der Waals surface area contributed by atoms with Crippen LogP contribution in [-0.2, 0) is 0 Å². The van der Waals surface area contributed by atoms with Crippen molar-refractivity contribution in [3.8, 4) is 22.6 Å². The van der Waals surface area contributed by atoms with E-state index >= 15 is 0 Å². The van der Waals surface area contributed by atoms with Crippen LogP contribution in [0, 0.1) is 5.82 Å². The van der Waals surface area contributed by atoms with Crippen LogP contribution in [0.1, 0.15) is 18.8 Å². The number of hydrogen-bond donors (Lipinski definition) is 3. The van der Waals surface area contributed by atoms with Crippen molar-refractivity contribution in [3.05, 3.63) is 95.2 Å². The highest BCUT2D eigenvalue weighted by molar-refractivity contribution is 5.84. The number of aromatic nitrogens is 5. The molecule has 0 radical (unpaired) electrons. The zero-order chi connectivity index (χ0) is 23.8. The van der Waals surface area contributed by atoms with Crippen molar-refractivity contribution in [2.24, 2.45) is 0 Å². The number of hydrogen-bond acceptors (Lipinski definition) is 7. The molecule has 2 aromatic carbocycles. The van der Waals surface area contributed by atoms with Gasteiger partial charge in [0.05, 0.1) is 17.3 Å². The molecule has 0 aliphatic carbocycles. The summed E-state index contributed by atoms with van der Waals surface area (Å²) in [6.45, 7) is 1.82. The van der Waals surface area contributed by atoms with E-state index in [1.165, 1.54) is 27.5 Å². The Labute approximate surface area is 193 Å². The molecular weight excluding hydrogens is 437 g/mol. The summed E-state index contributed by atoms with van der Waals surface area (Å²) in [6.07, 6.45) is 2.98. The van der Waals surface area contributed by atoms with Gasteiger partial charge in [-0.1, -0.05) is 18.2 Å². The van der Waals surface area contributed by atoms with Gasteiger partial charge in [-0.05, 0) is 48.9 Å². The Morgan fingerprint density at radius 2 is 1.88 bits per heavy atom. The molecule has 0 amide bonds. The maximum absolute atomic E-state index is 14.0. The maximum Gasteiger partial charge on any atom is 0.282 e. The molecule has 4 N–H and O–H groups in total. The summed E-state index contributed by atoms with van der Waals surface area (Å²) in [5.41, 5.74) is 7.59. The molecule has 9 nitrogen and oxygen atoms in total. The summed E-state index contributed by atoms with van der Waals surface area (Å²) < 4.78 is 17.1. The van der Waals surface area contributed by atoms with Gasteiger partial charge in [0.1, 0.15) is 35.0 Å². The molecule has 0 saturated carbocycles. The molecule has 3 heterocycles. The highest BCUT2D eigenvalue weighted by Crippen LogP contribution is 2.34. The predicted octanol–water partition coefficient (Wildman–Crippen LogP) is 3.54. The molecule has 170 valence electrons. The minimum Gasteiger partial charge on any atom is -0.508 e. The third-order valence-electron chi connectivity index (χ3n) is 5.39. The SMILES string of the molecule is C[C@H](Nc1ncnc(N)c1-c1cc(O)cc(F)c1)c1nn2cccc2c(=O)n1-c1ccccc1. The number of nitrogens with zero attached hydrogens (tertiary/aromatic N) is 5. The number of halogens is 1. The van der Waals surface area contributed by atoms with Crippen LogP contribution < -0.4 is 16.6 Å². The topological polar surface area (TPSA) is 123 Å². The zero-order valence-electron chi connectivity index (χ0n) is 18.1. The van der Waals surface area contributed by atoms with Gasteiger partial charge in [-0.2, -0.15) is 5.10 Å². The first-order chi connectivity index (χ1) is 16.4. The monoisotopic (exact) mass is 457 g/mol. The summed E-state index contributed by atoms with van der Waals surface area (Å²) in [5, 5.41) is 17.8. The Kier molecular flexibility index (Phi) is 5.17. The largest absolute Gasteiger partial charge is 0.508 e. The minimum atomic E-state index is -0.630. The number of benzene rings is 2. The number of phenolic OH excluding ortho intramolecular Hbond substituents is 1. The van der Waals surface area contributed by atoms with E-state index in [1.807, 2.05) is 37.3 Å². The Hall–Kier alpha value is -4.73. The van der Waals surface area contributed by atoms with Gasteiger partial charge in [0.15, 0.2) is 5.82 Å². The van der Waals surface area contributed by atoms with E-state index in [-0.39, 0.29) is 17.1 Å².